The first-order valence-electron chi connectivity index (χ1n) is 8.39. The highest BCUT2D eigenvalue weighted by Gasteiger charge is 2.32. The molecule has 1 N–H and O–H groups in total. The molecular formula is C18H16F4N2O3S. The molecule has 0 aliphatic carbocycles. The van der Waals surface area contributed by atoms with Crippen molar-refractivity contribution in [1.82, 2.24) is 4.31 Å². The lowest BCUT2D eigenvalue weighted by Gasteiger charge is -2.30. The van der Waals surface area contributed by atoms with Crippen molar-refractivity contribution < 1.29 is 30.8 Å². The van der Waals surface area contributed by atoms with E-state index in [1.165, 1.54) is 0 Å². The first-order chi connectivity index (χ1) is 13.2. The number of amides is 1. The first-order valence-corrected chi connectivity index (χ1v) is 9.83. The Morgan fingerprint density at radius 3 is 2.21 bits per heavy atom. The quantitative estimate of drug-likeness (QED) is 0.778. The Morgan fingerprint density at radius 2 is 1.57 bits per heavy atom. The summed E-state index contributed by atoms with van der Waals surface area (Å²) in [6.45, 7) is -0.0455. The molecule has 1 heterocycles. The van der Waals surface area contributed by atoms with Crippen LogP contribution in [0.1, 0.15) is 12.8 Å². The smallest absolute Gasteiger partial charge is 0.243 e. The molecule has 150 valence electrons. The van der Waals surface area contributed by atoms with Gasteiger partial charge in [-0.15, -0.1) is 0 Å². The molecule has 0 aromatic heterocycles. The van der Waals surface area contributed by atoms with Crippen molar-refractivity contribution in [2.45, 2.75) is 17.7 Å². The van der Waals surface area contributed by atoms with Gasteiger partial charge in [0.15, 0.2) is 11.6 Å². The van der Waals surface area contributed by atoms with E-state index in [0.29, 0.717) is 6.07 Å². The number of carbonyl (C=O) groups excluding carboxylic acids is 1. The van der Waals surface area contributed by atoms with E-state index < -0.39 is 45.1 Å². The Morgan fingerprint density at radius 1 is 0.929 bits per heavy atom. The number of piperidine rings is 1. The molecule has 10 heteroatoms. The molecule has 2 aromatic carbocycles. The van der Waals surface area contributed by atoms with Crippen LogP contribution in [0.3, 0.4) is 0 Å². The van der Waals surface area contributed by atoms with Crippen molar-refractivity contribution in [3.8, 4) is 0 Å². The highest BCUT2D eigenvalue weighted by molar-refractivity contribution is 7.89. The van der Waals surface area contributed by atoms with E-state index in [-0.39, 0.29) is 36.5 Å². The third kappa shape index (κ3) is 4.17. The van der Waals surface area contributed by atoms with Crippen LogP contribution in [0, 0.1) is 29.2 Å². The molecule has 1 aliphatic heterocycles. The lowest BCUT2D eigenvalue weighted by Crippen LogP contribution is -2.41. The largest absolute Gasteiger partial charge is 0.323 e. The molecule has 28 heavy (non-hydrogen) atoms. The van der Waals surface area contributed by atoms with E-state index in [9.17, 15) is 30.8 Å². The fourth-order valence-corrected chi connectivity index (χ4v) is 4.45. The molecule has 5 nitrogen and oxygen atoms in total. The standard InChI is InChI=1S/C18H16F4N2O3S/c19-12-1-3-15(21)17(9-12)23-18(25)11-5-7-24(8-6-11)28(26,27)13-2-4-14(20)16(22)10-13/h1-4,9-11H,5-8H2,(H,23,25). The molecule has 0 unspecified atom stereocenters. The summed E-state index contributed by atoms with van der Waals surface area (Å²) in [5, 5.41) is 2.31. The summed E-state index contributed by atoms with van der Waals surface area (Å²) in [7, 11) is -4.04. The normalized spacial score (nSPS) is 16.1. The molecule has 2 aromatic rings. The zero-order chi connectivity index (χ0) is 20.5. The van der Waals surface area contributed by atoms with E-state index in [4.69, 9.17) is 0 Å². The molecule has 1 amide bonds. The van der Waals surface area contributed by atoms with Gasteiger partial charge in [0.25, 0.3) is 0 Å². The molecule has 0 atom stereocenters. The summed E-state index contributed by atoms with van der Waals surface area (Å²) < 4.78 is 79.4. The second-order valence-corrected chi connectivity index (χ2v) is 8.31. The van der Waals surface area contributed by atoms with Crippen molar-refractivity contribution in [2.75, 3.05) is 18.4 Å². The Bertz CT molecular complexity index is 1010. The number of benzene rings is 2. The number of rotatable bonds is 4. The highest BCUT2D eigenvalue weighted by Crippen LogP contribution is 2.26. The molecule has 1 aliphatic rings. The average Bonchev–Trinajstić information content (AvgIpc) is 2.67. The van der Waals surface area contributed by atoms with Gasteiger partial charge in [0.2, 0.25) is 15.9 Å². The van der Waals surface area contributed by atoms with Gasteiger partial charge in [0, 0.05) is 25.1 Å². The third-order valence-electron chi connectivity index (χ3n) is 4.54. The number of hydrogen-bond acceptors (Lipinski definition) is 3. The van der Waals surface area contributed by atoms with Crippen LogP contribution in [-0.2, 0) is 14.8 Å². The number of sulfonamides is 1. The maximum absolute atomic E-state index is 13.6. The Hall–Kier alpha value is -2.46. The van der Waals surface area contributed by atoms with Gasteiger partial charge in [0.1, 0.15) is 11.6 Å². The van der Waals surface area contributed by atoms with Crippen LogP contribution >= 0.6 is 0 Å². The summed E-state index contributed by atoms with van der Waals surface area (Å²) in [5.74, 6) is -5.06. The van der Waals surface area contributed by atoms with Gasteiger partial charge in [-0.05, 0) is 43.2 Å². The first kappa shape index (κ1) is 20.3. The number of nitrogens with zero attached hydrogens (tertiary/aromatic N) is 1. The van der Waals surface area contributed by atoms with Crippen LogP contribution in [0.4, 0.5) is 23.2 Å². The Kier molecular flexibility index (Phi) is 5.71. The van der Waals surface area contributed by atoms with Crippen molar-refractivity contribution in [3.05, 3.63) is 59.7 Å². The molecule has 1 fully saturated rings. The zero-order valence-electron chi connectivity index (χ0n) is 14.5. The topological polar surface area (TPSA) is 66.5 Å². The van der Waals surface area contributed by atoms with Crippen LogP contribution < -0.4 is 5.32 Å². The third-order valence-corrected chi connectivity index (χ3v) is 6.43. The predicted molar refractivity (Wildman–Crippen MR) is 92.8 cm³/mol. The Labute approximate surface area is 159 Å². The molecule has 0 radical (unpaired) electrons. The molecule has 3 rings (SSSR count). The average molecular weight is 416 g/mol. The highest BCUT2D eigenvalue weighted by atomic mass is 32.2. The van der Waals surface area contributed by atoms with E-state index in [0.717, 1.165) is 34.6 Å². The van der Waals surface area contributed by atoms with Crippen LogP contribution in [0.15, 0.2) is 41.3 Å². The minimum atomic E-state index is -4.04. The van der Waals surface area contributed by atoms with Crippen molar-refractivity contribution in [1.29, 1.82) is 0 Å². The summed E-state index contributed by atoms with van der Waals surface area (Å²) >= 11 is 0. The van der Waals surface area contributed by atoms with E-state index in [2.05, 4.69) is 5.32 Å². The summed E-state index contributed by atoms with van der Waals surface area (Å²) in [6, 6.07) is 4.98. The molecule has 0 spiro atoms. The maximum Gasteiger partial charge on any atom is 0.243 e. The summed E-state index contributed by atoms with van der Waals surface area (Å²) in [6.07, 6.45) is 0.289. The van der Waals surface area contributed by atoms with Crippen LogP contribution in [0.2, 0.25) is 0 Å². The minimum absolute atomic E-state index is 0.0228. The minimum Gasteiger partial charge on any atom is -0.323 e. The van der Waals surface area contributed by atoms with E-state index >= 15 is 0 Å². The van der Waals surface area contributed by atoms with Gasteiger partial charge in [0.05, 0.1) is 10.6 Å². The van der Waals surface area contributed by atoms with Crippen molar-refractivity contribution in [3.63, 3.8) is 0 Å². The second-order valence-electron chi connectivity index (χ2n) is 6.37. The molecule has 0 bridgehead atoms. The number of halogens is 4. The van der Waals surface area contributed by atoms with Crippen molar-refractivity contribution >= 4 is 21.6 Å². The van der Waals surface area contributed by atoms with Crippen LogP contribution in [0.25, 0.3) is 0 Å². The van der Waals surface area contributed by atoms with Gasteiger partial charge in [-0.25, -0.2) is 26.0 Å². The lowest BCUT2D eigenvalue weighted by atomic mass is 9.97. The van der Waals surface area contributed by atoms with Gasteiger partial charge >= 0.3 is 0 Å². The monoisotopic (exact) mass is 416 g/mol. The summed E-state index contributed by atoms with van der Waals surface area (Å²) in [5.41, 5.74) is -0.290. The van der Waals surface area contributed by atoms with E-state index in [1.54, 1.807) is 0 Å². The van der Waals surface area contributed by atoms with Gasteiger partial charge in [-0.2, -0.15) is 4.31 Å². The number of nitrogens with one attached hydrogen (secondary N) is 1. The molecule has 1 saturated heterocycles. The number of anilines is 1. The molecule has 0 saturated carbocycles. The fourth-order valence-electron chi connectivity index (χ4n) is 2.97. The van der Waals surface area contributed by atoms with Gasteiger partial charge in [-0.1, -0.05) is 0 Å². The maximum atomic E-state index is 13.6. The van der Waals surface area contributed by atoms with Crippen LogP contribution in [0.5, 0.6) is 0 Å². The summed E-state index contributed by atoms with van der Waals surface area (Å²) in [4.78, 5) is 11.9. The fraction of sp³-hybridized carbons (Fsp3) is 0.278. The van der Waals surface area contributed by atoms with E-state index in [1.807, 2.05) is 0 Å². The van der Waals surface area contributed by atoms with Gasteiger partial charge in [-0.3, -0.25) is 4.79 Å². The Balaban J connectivity index is 1.65. The van der Waals surface area contributed by atoms with Crippen molar-refractivity contribution in [2.24, 2.45) is 5.92 Å². The lowest BCUT2D eigenvalue weighted by molar-refractivity contribution is -0.120. The number of hydrogen-bond donors (Lipinski definition) is 1. The second kappa shape index (κ2) is 7.88. The van der Waals surface area contributed by atoms with Crippen LogP contribution in [-0.4, -0.2) is 31.7 Å². The zero-order valence-corrected chi connectivity index (χ0v) is 15.3. The van der Waals surface area contributed by atoms with Gasteiger partial charge < -0.3 is 5.32 Å². The molecular weight excluding hydrogens is 400 g/mol. The predicted octanol–water partition coefficient (Wildman–Crippen LogP) is 3.28. The SMILES string of the molecule is O=C(Nc1cc(F)ccc1F)C1CCN(S(=O)(=O)c2ccc(F)c(F)c2)CC1. The number of carbonyl (C=O) groups is 1.